The van der Waals surface area contributed by atoms with Gasteiger partial charge in [0.2, 0.25) is 0 Å². The third-order valence-electron chi connectivity index (χ3n) is 3.33. The number of aromatic carboxylic acids is 1. The number of rotatable bonds is 4. The quantitative estimate of drug-likeness (QED) is 0.912. The molecule has 1 fully saturated rings. The van der Waals surface area contributed by atoms with Gasteiger partial charge in [-0.15, -0.1) is 0 Å². The summed E-state index contributed by atoms with van der Waals surface area (Å²) in [7, 11) is 0. The van der Waals surface area contributed by atoms with Crippen LogP contribution < -0.4 is 0 Å². The van der Waals surface area contributed by atoms with Gasteiger partial charge >= 0.3 is 12.1 Å². The molecule has 116 valence electrons. The van der Waals surface area contributed by atoms with Crippen LogP contribution in [-0.4, -0.2) is 64.8 Å². The molecule has 8 heteroatoms. The predicted molar refractivity (Wildman–Crippen MR) is 69.0 cm³/mol. The summed E-state index contributed by atoms with van der Waals surface area (Å²) >= 11 is 0. The molecule has 0 aliphatic carbocycles. The van der Waals surface area contributed by atoms with Crippen LogP contribution in [0.3, 0.4) is 0 Å². The van der Waals surface area contributed by atoms with Crippen LogP contribution in [0.4, 0.5) is 13.2 Å². The lowest BCUT2D eigenvalue weighted by Gasteiger charge is -2.34. The Morgan fingerprint density at radius 1 is 1.19 bits per heavy atom. The van der Waals surface area contributed by atoms with E-state index < -0.39 is 18.7 Å². The van der Waals surface area contributed by atoms with Gasteiger partial charge in [0.25, 0.3) is 0 Å². The molecule has 5 nitrogen and oxygen atoms in total. The van der Waals surface area contributed by atoms with E-state index >= 15 is 0 Å². The zero-order chi connectivity index (χ0) is 15.5. The van der Waals surface area contributed by atoms with Crippen LogP contribution in [0, 0.1) is 0 Å². The molecular formula is C13H16F3N3O2. The maximum absolute atomic E-state index is 12.3. The summed E-state index contributed by atoms with van der Waals surface area (Å²) in [5.41, 5.74) is 0.831. The van der Waals surface area contributed by atoms with E-state index in [1.165, 1.54) is 17.2 Å². The van der Waals surface area contributed by atoms with Gasteiger partial charge in [0.15, 0.2) is 0 Å². The molecule has 0 atom stereocenters. The number of nitrogens with zero attached hydrogens (tertiary/aromatic N) is 3. The van der Waals surface area contributed by atoms with Crippen molar-refractivity contribution in [1.82, 2.24) is 14.8 Å². The SMILES string of the molecule is O=C(O)c1ccc(CN2CCN(CC(F)(F)F)CC2)nc1. The molecular weight excluding hydrogens is 287 g/mol. The molecule has 1 aliphatic rings. The number of hydrogen-bond donors (Lipinski definition) is 1. The van der Waals surface area contributed by atoms with Crippen molar-refractivity contribution in [2.45, 2.75) is 12.7 Å². The zero-order valence-electron chi connectivity index (χ0n) is 11.3. The molecule has 1 saturated heterocycles. The first-order valence-electron chi connectivity index (χ1n) is 6.53. The zero-order valence-corrected chi connectivity index (χ0v) is 11.3. The van der Waals surface area contributed by atoms with Crippen LogP contribution >= 0.6 is 0 Å². The Balaban J connectivity index is 1.82. The molecule has 0 unspecified atom stereocenters. The van der Waals surface area contributed by atoms with E-state index in [1.807, 2.05) is 4.90 Å². The van der Waals surface area contributed by atoms with Gasteiger partial charge in [0.05, 0.1) is 17.8 Å². The minimum atomic E-state index is -4.16. The van der Waals surface area contributed by atoms with Gasteiger partial charge in [-0.3, -0.25) is 14.8 Å². The van der Waals surface area contributed by atoms with Gasteiger partial charge in [-0.1, -0.05) is 0 Å². The fourth-order valence-electron chi connectivity index (χ4n) is 2.23. The fourth-order valence-corrected chi connectivity index (χ4v) is 2.23. The average Bonchev–Trinajstić information content (AvgIpc) is 2.40. The van der Waals surface area contributed by atoms with Crippen LogP contribution in [0.15, 0.2) is 18.3 Å². The molecule has 21 heavy (non-hydrogen) atoms. The van der Waals surface area contributed by atoms with E-state index in [2.05, 4.69) is 4.98 Å². The van der Waals surface area contributed by atoms with Gasteiger partial charge in [0, 0.05) is 38.9 Å². The molecule has 1 aliphatic heterocycles. The van der Waals surface area contributed by atoms with Crippen molar-refractivity contribution in [3.63, 3.8) is 0 Å². The second-order valence-corrected chi connectivity index (χ2v) is 5.01. The summed E-state index contributed by atoms with van der Waals surface area (Å²) in [5, 5.41) is 8.77. The fraction of sp³-hybridized carbons (Fsp3) is 0.538. The second kappa shape index (κ2) is 6.40. The van der Waals surface area contributed by atoms with Gasteiger partial charge in [-0.25, -0.2) is 4.79 Å². The first kappa shape index (κ1) is 15.7. The lowest BCUT2D eigenvalue weighted by molar-refractivity contribution is -0.149. The van der Waals surface area contributed by atoms with E-state index in [1.54, 1.807) is 6.07 Å². The molecule has 0 saturated carbocycles. The lowest BCUT2D eigenvalue weighted by atomic mass is 10.2. The molecule has 1 N–H and O–H groups in total. The number of halogens is 3. The normalized spacial score (nSPS) is 17.9. The Hall–Kier alpha value is -1.67. The first-order valence-corrected chi connectivity index (χ1v) is 6.53. The van der Waals surface area contributed by atoms with Gasteiger partial charge in [0.1, 0.15) is 0 Å². The smallest absolute Gasteiger partial charge is 0.401 e. The van der Waals surface area contributed by atoms with E-state index in [4.69, 9.17) is 5.11 Å². The summed E-state index contributed by atoms with van der Waals surface area (Å²) < 4.78 is 36.8. The van der Waals surface area contributed by atoms with E-state index in [0.29, 0.717) is 38.4 Å². The Kier molecular flexibility index (Phi) is 4.79. The minimum absolute atomic E-state index is 0.119. The van der Waals surface area contributed by atoms with Crippen molar-refractivity contribution in [2.24, 2.45) is 0 Å². The van der Waals surface area contributed by atoms with E-state index in [9.17, 15) is 18.0 Å². The number of hydrogen-bond acceptors (Lipinski definition) is 4. The van der Waals surface area contributed by atoms with Crippen molar-refractivity contribution in [1.29, 1.82) is 0 Å². The highest BCUT2D eigenvalue weighted by atomic mass is 19.4. The largest absolute Gasteiger partial charge is 0.478 e. The molecule has 1 aromatic rings. The Morgan fingerprint density at radius 3 is 2.29 bits per heavy atom. The third-order valence-corrected chi connectivity index (χ3v) is 3.33. The van der Waals surface area contributed by atoms with Gasteiger partial charge < -0.3 is 5.11 Å². The van der Waals surface area contributed by atoms with E-state index in [-0.39, 0.29) is 5.56 Å². The van der Waals surface area contributed by atoms with Crippen LogP contribution in [0.5, 0.6) is 0 Å². The van der Waals surface area contributed by atoms with Crippen molar-refractivity contribution in [3.8, 4) is 0 Å². The average molecular weight is 303 g/mol. The Bertz CT molecular complexity index is 482. The van der Waals surface area contributed by atoms with Crippen molar-refractivity contribution < 1.29 is 23.1 Å². The molecule has 1 aromatic heterocycles. The number of carboxylic acids is 1. The number of piperazine rings is 1. The highest BCUT2D eigenvalue weighted by Crippen LogP contribution is 2.17. The van der Waals surface area contributed by atoms with Gasteiger partial charge in [-0.05, 0) is 12.1 Å². The molecule has 0 radical (unpaired) electrons. The number of aromatic nitrogens is 1. The van der Waals surface area contributed by atoms with Crippen molar-refractivity contribution in [3.05, 3.63) is 29.6 Å². The second-order valence-electron chi connectivity index (χ2n) is 5.01. The molecule has 0 spiro atoms. The maximum Gasteiger partial charge on any atom is 0.401 e. The van der Waals surface area contributed by atoms with Crippen LogP contribution in [0.1, 0.15) is 16.1 Å². The Labute approximate surface area is 120 Å². The van der Waals surface area contributed by atoms with E-state index in [0.717, 1.165) is 0 Å². The number of pyridine rings is 1. The number of carboxylic acid groups (broad SMARTS) is 1. The predicted octanol–water partition coefficient (Wildman–Crippen LogP) is 1.46. The molecule has 0 aromatic carbocycles. The topological polar surface area (TPSA) is 56.7 Å². The Morgan fingerprint density at radius 2 is 1.81 bits per heavy atom. The minimum Gasteiger partial charge on any atom is -0.478 e. The maximum atomic E-state index is 12.3. The summed E-state index contributed by atoms with van der Waals surface area (Å²) in [4.78, 5) is 18.2. The monoisotopic (exact) mass is 303 g/mol. The molecule has 0 bridgehead atoms. The van der Waals surface area contributed by atoms with Crippen LogP contribution in [0.25, 0.3) is 0 Å². The summed E-state index contributed by atoms with van der Waals surface area (Å²) in [5.74, 6) is -1.03. The number of alkyl halides is 3. The summed E-state index contributed by atoms with van der Waals surface area (Å²) in [6, 6.07) is 3.11. The first-order chi connectivity index (χ1) is 9.83. The van der Waals surface area contributed by atoms with Crippen molar-refractivity contribution in [2.75, 3.05) is 32.7 Å². The highest BCUT2D eigenvalue weighted by molar-refractivity contribution is 5.87. The lowest BCUT2D eigenvalue weighted by Crippen LogP contribution is -2.48. The molecule has 0 amide bonds. The van der Waals surface area contributed by atoms with Crippen molar-refractivity contribution >= 4 is 5.97 Å². The summed E-state index contributed by atoms with van der Waals surface area (Å²) in [6.45, 7) is 1.46. The molecule has 2 rings (SSSR count). The number of carbonyl (C=O) groups is 1. The molecule has 2 heterocycles. The third kappa shape index (κ3) is 4.98. The van der Waals surface area contributed by atoms with Crippen LogP contribution in [0.2, 0.25) is 0 Å². The van der Waals surface area contributed by atoms with Gasteiger partial charge in [-0.2, -0.15) is 13.2 Å². The standard InChI is InChI=1S/C13H16F3N3O2/c14-13(15,16)9-19-5-3-18(4-6-19)8-11-2-1-10(7-17-11)12(20)21/h1-2,7H,3-6,8-9H2,(H,20,21). The summed E-state index contributed by atoms with van der Waals surface area (Å²) in [6.07, 6.45) is -2.87. The highest BCUT2D eigenvalue weighted by Gasteiger charge is 2.32. The van der Waals surface area contributed by atoms with Crippen LogP contribution in [-0.2, 0) is 6.54 Å².